The number of para-hydroxylation sites is 2. The lowest BCUT2D eigenvalue weighted by atomic mass is 9.98. The van der Waals surface area contributed by atoms with Crippen LogP contribution >= 0.6 is 11.6 Å². The van der Waals surface area contributed by atoms with Crippen molar-refractivity contribution >= 4 is 38.5 Å². The molecule has 2 aromatic heterocycles. The molecule has 3 aromatic rings. The number of halogens is 1. The fourth-order valence-corrected chi connectivity index (χ4v) is 6.06. The van der Waals surface area contributed by atoms with Crippen molar-refractivity contribution in [3.8, 4) is 11.4 Å². The molecule has 5 rings (SSSR count). The molecular weight excluding hydrogens is 422 g/mol. The van der Waals surface area contributed by atoms with Crippen molar-refractivity contribution in [2.75, 3.05) is 11.2 Å². The van der Waals surface area contributed by atoms with Crippen molar-refractivity contribution in [3.63, 3.8) is 0 Å². The number of benzene rings is 1. The Bertz CT molecular complexity index is 1210. The Morgan fingerprint density at radius 2 is 1.87 bits per heavy atom. The predicted molar refractivity (Wildman–Crippen MR) is 119 cm³/mol. The van der Waals surface area contributed by atoms with Gasteiger partial charge in [0, 0.05) is 36.9 Å². The van der Waals surface area contributed by atoms with E-state index in [1.165, 1.54) is 6.26 Å². The van der Waals surface area contributed by atoms with Crippen LogP contribution in [0.1, 0.15) is 25.7 Å². The van der Waals surface area contributed by atoms with E-state index in [9.17, 15) is 8.42 Å². The number of sulfonamides is 1. The van der Waals surface area contributed by atoms with Gasteiger partial charge >= 0.3 is 0 Å². The summed E-state index contributed by atoms with van der Waals surface area (Å²) in [5.74, 6) is 1.69. The second-order valence-corrected chi connectivity index (χ2v) is 10.5. The molecule has 2 aliphatic rings. The second-order valence-electron chi connectivity index (χ2n) is 8.36. The molecule has 0 radical (unpaired) electrons. The fourth-order valence-electron chi connectivity index (χ4n) is 5.08. The van der Waals surface area contributed by atoms with E-state index >= 15 is 0 Å². The summed E-state index contributed by atoms with van der Waals surface area (Å²) >= 11 is 6.54. The van der Waals surface area contributed by atoms with Crippen molar-refractivity contribution < 1.29 is 8.42 Å². The SMILES string of the molecule is Cn1c(-c2cc(N3[C@@H]4CC[C@H]3C[C@@H](NS(C)(=O)=O)C4)ncc2Cl)nc2ccccc21. The van der Waals surface area contributed by atoms with Crippen molar-refractivity contribution in [3.05, 3.63) is 41.6 Å². The van der Waals surface area contributed by atoms with Crippen molar-refractivity contribution in [2.45, 2.75) is 43.8 Å². The van der Waals surface area contributed by atoms with E-state index in [2.05, 4.69) is 19.2 Å². The fraction of sp³-hybridized carbons (Fsp3) is 0.429. The number of pyridine rings is 1. The largest absolute Gasteiger partial charge is 0.351 e. The van der Waals surface area contributed by atoms with Gasteiger partial charge in [-0.05, 0) is 43.9 Å². The standard InChI is InChI=1S/C21H24ClN5O2S/c1-26-19-6-4-3-5-18(19)24-21(26)16-11-20(23-12-17(16)22)27-14-7-8-15(27)10-13(9-14)25-30(2,28)29/h3-6,11-15,25H,7-10H2,1-2H3/t13-,14+,15-. The van der Waals surface area contributed by atoms with Gasteiger partial charge in [0.05, 0.1) is 22.3 Å². The Balaban J connectivity index is 1.49. The molecule has 0 amide bonds. The Labute approximate surface area is 181 Å². The van der Waals surface area contributed by atoms with Gasteiger partial charge in [0.2, 0.25) is 10.0 Å². The van der Waals surface area contributed by atoms with E-state index < -0.39 is 10.0 Å². The Morgan fingerprint density at radius 3 is 2.53 bits per heavy atom. The highest BCUT2D eigenvalue weighted by Gasteiger charge is 2.42. The summed E-state index contributed by atoms with van der Waals surface area (Å²) in [5.41, 5.74) is 2.84. The maximum Gasteiger partial charge on any atom is 0.208 e. The van der Waals surface area contributed by atoms with Crippen LogP contribution in [-0.2, 0) is 17.1 Å². The number of nitrogens with one attached hydrogen (secondary N) is 1. The van der Waals surface area contributed by atoms with Crippen LogP contribution in [0.25, 0.3) is 22.4 Å². The quantitative estimate of drug-likeness (QED) is 0.666. The molecule has 4 heterocycles. The summed E-state index contributed by atoms with van der Waals surface area (Å²) in [6.07, 6.45) is 6.58. The molecule has 0 spiro atoms. The number of rotatable bonds is 4. The molecule has 1 N–H and O–H groups in total. The summed E-state index contributed by atoms with van der Waals surface area (Å²) < 4.78 is 28.2. The van der Waals surface area contributed by atoms with E-state index in [1.807, 2.05) is 37.4 Å². The van der Waals surface area contributed by atoms with Crippen molar-refractivity contribution in [1.29, 1.82) is 0 Å². The van der Waals surface area contributed by atoms with Crippen molar-refractivity contribution in [1.82, 2.24) is 19.3 Å². The van der Waals surface area contributed by atoms with E-state index in [0.717, 1.165) is 53.9 Å². The number of hydrogen-bond donors (Lipinski definition) is 1. The summed E-state index contributed by atoms with van der Waals surface area (Å²) in [6, 6.07) is 10.6. The number of piperidine rings is 1. The minimum absolute atomic E-state index is 0.0136. The maximum atomic E-state index is 11.7. The van der Waals surface area contributed by atoms with Gasteiger partial charge in [0.1, 0.15) is 11.6 Å². The molecule has 9 heteroatoms. The summed E-state index contributed by atoms with van der Waals surface area (Å²) in [5, 5.41) is 0.568. The topological polar surface area (TPSA) is 80.1 Å². The normalized spacial score (nSPS) is 24.0. The molecule has 2 fully saturated rings. The third-order valence-electron chi connectivity index (χ3n) is 6.25. The minimum atomic E-state index is -3.20. The highest BCUT2D eigenvalue weighted by Crippen LogP contribution is 2.41. The highest BCUT2D eigenvalue weighted by molar-refractivity contribution is 7.88. The third kappa shape index (κ3) is 3.46. The van der Waals surface area contributed by atoms with Crippen LogP contribution in [0.3, 0.4) is 0 Å². The number of aryl methyl sites for hydroxylation is 1. The molecule has 3 atom stereocenters. The second kappa shape index (κ2) is 7.21. The zero-order valence-electron chi connectivity index (χ0n) is 16.9. The van der Waals surface area contributed by atoms with Gasteiger partial charge in [0.25, 0.3) is 0 Å². The van der Waals surface area contributed by atoms with Gasteiger partial charge in [-0.25, -0.2) is 23.1 Å². The van der Waals surface area contributed by atoms with Crippen LogP contribution in [0, 0.1) is 0 Å². The van der Waals surface area contributed by atoms with E-state index in [0.29, 0.717) is 5.02 Å². The lowest BCUT2D eigenvalue weighted by molar-refractivity contribution is 0.389. The monoisotopic (exact) mass is 445 g/mol. The number of nitrogens with zero attached hydrogens (tertiary/aromatic N) is 4. The summed E-state index contributed by atoms with van der Waals surface area (Å²) in [6.45, 7) is 0. The lowest BCUT2D eigenvalue weighted by Gasteiger charge is -2.40. The molecule has 0 aliphatic carbocycles. The smallest absolute Gasteiger partial charge is 0.208 e. The molecule has 0 saturated carbocycles. The molecule has 2 saturated heterocycles. The van der Waals surface area contributed by atoms with E-state index in [1.54, 1.807) is 6.20 Å². The predicted octanol–water partition coefficient (Wildman–Crippen LogP) is 3.34. The molecule has 2 aliphatic heterocycles. The zero-order chi connectivity index (χ0) is 21.0. The molecular formula is C21H24ClN5O2S. The molecule has 158 valence electrons. The van der Waals surface area contributed by atoms with E-state index in [4.69, 9.17) is 16.6 Å². The van der Waals surface area contributed by atoms with Crippen LogP contribution in [0.15, 0.2) is 36.5 Å². The van der Waals surface area contributed by atoms with E-state index in [-0.39, 0.29) is 18.1 Å². The van der Waals surface area contributed by atoms with Crippen LogP contribution in [0.5, 0.6) is 0 Å². The number of anilines is 1. The van der Waals surface area contributed by atoms with Gasteiger partial charge in [-0.15, -0.1) is 0 Å². The lowest BCUT2D eigenvalue weighted by Crippen LogP contribution is -2.50. The Hall–Kier alpha value is -2.16. The summed E-state index contributed by atoms with van der Waals surface area (Å²) in [7, 11) is -1.21. The first kappa shape index (κ1) is 19.8. The zero-order valence-corrected chi connectivity index (χ0v) is 18.5. The minimum Gasteiger partial charge on any atom is -0.351 e. The molecule has 7 nitrogen and oxygen atoms in total. The van der Waals surface area contributed by atoms with Crippen LogP contribution in [-0.4, -0.2) is 47.3 Å². The van der Waals surface area contributed by atoms with Crippen molar-refractivity contribution in [2.24, 2.45) is 7.05 Å². The average molecular weight is 446 g/mol. The Morgan fingerprint density at radius 1 is 1.17 bits per heavy atom. The highest BCUT2D eigenvalue weighted by atomic mass is 35.5. The molecule has 30 heavy (non-hydrogen) atoms. The number of hydrogen-bond acceptors (Lipinski definition) is 5. The van der Waals surface area contributed by atoms with Crippen LogP contribution in [0.4, 0.5) is 5.82 Å². The van der Waals surface area contributed by atoms with Gasteiger partial charge < -0.3 is 9.47 Å². The molecule has 0 unspecified atom stereocenters. The number of imidazole rings is 1. The average Bonchev–Trinajstić information content (AvgIpc) is 3.15. The summed E-state index contributed by atoms with van der Waals surface area (Å²) in [4.78, 5) is 11.8. The van der Waals surface area contributed by atoms with Gasteiger partial charge in [-0.1, -0.05) is 23.7 Å². The van der Waals surface area contributed by atoms with Gasteiger partial charge in [0.15, 0.2) is 0 Å². The third-order valence-corrected chi connectivity index (χ3v) is 7.31. The maximum absolute atomic E-state index is 11.7. The number of aromatic nitrogens is 3. The molecule has 2 bridgehead atoms. The van der Waals surface area contributed by atoms with Gasteiger partial charge in [-0.3, -0.25) is 0 Å². The number of fused-ring (bicyclic) bond motifs is 3. The van der Waals surface area contributed by atoms with Crippen LogP contribution in [0.2, 0.25) is 5.02 Å². The first-order valence-corrected chi connectivity index (χ1v) is 12.4. The molecule has 1 aromatic carbocycles. The first-order valence-electron chi connectivity index (χ1n) is 10.1. The Kier molecular flexibility index (Phi) is 4.76. The van der Waals surface area contributed by atoms with Gasteiger partial charge in [-0.2, -0.15) is 0 Å². The van der Waals surface area contributed by atoms with Crippen LogP contribution < -0.4 is 9.62 Å². The first-order chi connectivity index (χ1) is 14.3.